The van der Waals surface area contributed by atoms with Gasteiger partial charge in [-0.05, 0) is 67.4 Å². The van der Waals surface area contributed by atoms with E-state index in [1.54, 1.807) is 36.4 Å². The standard InChI is InChI=1S/C33H35N3O5S/c1-4-31(33(38)34-3)35(23-26-11-7-5-8-12-26)32(37)24-36(42(39,40)30-21-15-25(2)16-22-30)27-17-19-29(20-18-27)41-28-13-9-6-10-14-28/h5-22,31H,4,23-24H2,1-3H3,(H,34,38)/t31-/m0/s1. The molecule has 9 heteroatoms. The SMILES string of the molecule is CC[C@@H](C(=O)NC)N(Cc1ccccc1)C(=O)CN(c1ccc(Oc2ccccc2)cc1)S(=O)(=O)c1ccc(C)cc1. The number of nitrogens with zero attached hydrogens (tertiary/aromatic N) is 2. The van der Waals surface area contributed by atoms with E-state index in [1.807, 2.05) is 74.5 Å². The Morgan fingerprint density at radius 2 is 1.38 bits per heavy atom. The molecule has 0 heterocycles. The number of ether oxygens (including phenoxy) is 1. The van der Waals surface area contributed by atoms with Crippen molar-refractivity contribution in [3.05, 3.63) is 120 Å². The molecule has 4 rings (SSSR count). The first-order chi connectivity index (χ1) is 20.2. The predicted molar refractivity (Wildman–Crippen MR) is 164 cm³/mol. The summed E-state index contributed by atoms with van der Waals surface area (Å²) in [5.41, 5.74) is 2.02. The molecule has 0 aliphatic heterocycles. The lowest BCUT2D eigenvalue weighted by molar-refractivity contribution is -0.140. The van der Waals surface area contributed by atoms with Gasteiger partial charge in [0.15, 0.2) is 0 Å². The number of para-hydroxylation sites is 1. The van der Waals surface area contributed by atoms with Gasteiger partial charge in [-0.15, -0.1) is 0 Å². The summed E-state index contributed by atoms with van der Waals surface area (Å²) in [4.78, 5) is 28.3. The normalized spacial score (nSPS) is 11.8. The molecule has 8 nitrogen and oxygen atoms in total. The smallest absolute Gasteiger partial charge is 0.264 e. The molecule has 0 aromatic heterocycles. The third kappa shape index (κ3) is 7.36. The quantitative estimate of drug-likeness (QED) is 0.236. The first-order valence-corrected chi connectivity index (χ1v) is 15.1. The van der Waals surface area contributed by atoms with Crippen LogP contribution in [-0.4, -0.2) is 44.8 Å². The summed E-state index contributed by atoms with van der Waals surface area (Å²) >= 11 is 0. The van der Waals surface area contributed by atoms with E-state index < -0.39 is 28.5 Å². The number of rotatable bonds is 12. The number of aryl methyl sites for hydroxylation is 1. The van der Waals surface area contributed by atoms with Gasteiger partial charge in [0.25, 0.3) is 10.0 Å². The molecule has 4 aromatic carbocycles. The summed E-state index contributed by atoms with van der Waals surface area (Å²) in [6.45, 7) is 3.33. The number of carbonyl (C=O) groups is 2. The zero-order valence-electron chi connectivity index (χ0n) is 23.9. The molecule has 0 radical (unpaired) electrons. The zero-order valence-corrected chi connectivity index (χ0v) is 24.8. The van der Waals surface area contributed by atoms with Crippen molar-refractivity contribution in [1.29, 1.82) is 0 Å². The van der Waals surface area contributed by atoms with Crippen molar-refractivity contribution in [2.75, 3.05) is 17.9 Å². The fourth-order valence-electron chi connectivity index (χ4n) is 4.54. The van der Waals surface area contributed by atoms with E-state index in [2.05, 4.69) is 5.32 Å². The number of likely N-dealkylation sites (N-methyl/N-ethyl adjacent to an activating group) is 1. The van der Waals surface area contributed by atoms with E-state index >= 15 is 0 Å². The van der Waals surface area contributed by atoms with Gasteiger partial charge in [0.1, 0.15) is 24.1 Å². The summed E-state index contributed by atoms with van der Waals surface area (Å²) < 4.78 is 35.0. The van der Waals surface area contributed by atoms with Gasteiger partial charge >= 0.3 is 0 Å². The summed E-state index contributed by atoms with van der Waals surface area (Å²) in [6, 6.07) is 30.8. The molecule has 0 unspecified atom stereocenters. The number of amides is 2. The highest BCUT2D eigenvalue weighted by Gasteiger charge is 2.33. The number of hydrogen-bond acceptors (Lipinski definition) is 5. The summed E-state index contributed by atoms with van der Waals surface area (Å²) in [5, 5.41) is 2.63. The lowest BCUT2D eigenvalue weighted by Gasteiger charge is -2.33. The van der Waals surface area contributed by atoms with Crippen LogP contribution in [0.1, 0.15) is 24.5 Å². The average Bonchev–Trinajstić information content (AvgIpc) is 3.01. The van der Waals surface area contributed by atoms with Gasteiger partial charge in [-0.3, -0.25) is 13.9 Å². The summed E-state index contributed by atoms with van der Waals surface area (Å²) in [5.74, 6) is 0.327. The lowest BCUT2D eigenvalue weighted by Crippen LogP contribution is -2.51. The number of hydrogen-bond donors (Lipinski definition) is 1. The summed E-state index contributed by atoms with van der Waals surface area (Å²) in [7, 11) is -2.64. The summed E-state index contributed by atoms with van der Waals surface area (Å²) in [6.07, 6.45) is 0.356. The third-order valence-electron chi connectivity index (χ3n) is 6.82. The molecule has 0 aliphatic carbocycles. The van der Waals surface area contributed by atoms with Crippen molar-refractivity contribution in [1.82, 2.24) is 10.2 Å². The number of anilines is 1. The monoisotopic (exact) mass is 585 g/mol. The number of nitrogens with one attached hydrogen (secondary N) is 1. The highest BCUT2D eigenvalue weighted by atomic mass is 32.2. The van der Waals surface area contributed by atoms with Gasteiger partial charge in [0.05, 0.1) is 10.6 Å². The minimum Gasteiger partial charge on any atom is -0.457 e. The molecule has 0 fully saturated rings. The average molecular weight is 586 g/mol. The van der Waals surface area contributed by atoms with Gasteiger partial charge < -0.3 is 15.0 Å². The van der Waals surface area contributed by atoms with Crippen LogP contribution in [0.15, 0.2) is 114 Å². The Bertz CT molecular complexity index is 1580. The molecular formula is C33H35N3O5S. The molecule has 218 valence electrons. The topological polar surface area (TPSA) is 96.0 Å². The lowest BCUT2D eigenvalue weighted by atomic mass is 10.1. The minimum atomic E-state index is -4.16. The van der Waals surface area contributed by atoms with Crippen LogP contribution in [0.2, 0.25) is 0 Å². The van der Waals surface area contributed by atoms with Crippen molar-refractivity contribution in [2.24, 2.45) is 0 Å². The molecule has 0 saturated heterocycles. The van der Waals surface area contributed by atoms with Crippen molar-refractivity contribution in [2.45, 2.75) is 37.8 Å². The number of carbonyl (C=O) groups excluding carboxylic acids is 2. The van der Waals surface area contributed by atoms with E-state index in [9.17, 15) is 18.0 Å². The highest BCUT2D eigenvalue weighted by molar-refractivity contribution is 7.92. The van der Waals surface area contributed by atoms with Crippen LogP contribution in [0.25, 0.3) is 0 Å². The largest absolute Gasteiger partial charge is 0.457 e. The van der Waals surface area contributed by atoms with Crippen molar-refractivity contribution in [3.8, 4) is 11.5 Å². The second-order valence-corrected chi connectivity index (χ2v) is 11.6. The fourth-order valence-corrected chi connectivity index (χ4v) is 5.95. The Morgan fingerprint density at radius 3 is 1.95 bits per heavy atom. The van der Waals surface area contributed by atoms with E-state index in [0.717, 1.165) is 15.4 Å². The Labute approximate surface area is 247 Å². The van der Waals surface area contributed by atoms with Gasteiger partial charge in [0, 0.05) is 13.6 Å². The maximum atomic E-state index is 14.0. The molecule has 0 saturated carbocycles. The van der Waals surface area contributed by atoms with E-state index in [-0.39, 0.29) is 23.0 Å². The van der Waals surface area contributed by atoms with Crippen LogP contribution in [0.4, 0.5) is 5.69 Å². The minimum absolute atomic E-state index is 0.0541. The van der Waals surface area contributed by atoms with Gasteiger partial charge in [-0.2, -0.15) is 0 Å². The Kier molecular flexibility index (Phi) is 9.98. The fraction of sp³-hybridized carbons (Fsp3) is 0.212. The van der Waals surface area contributed by atoms with Crippen LogP contribution >= 0.6 is 0 Å². The van der Waals surface area contributed by atoms with Crippen LogP contribution in [0.5, 0.6) is 11.5 Å². The molecule has 4 aromatic rings. The van der Waals surface area contributed by atoms with Crippen LogP contribution in [0.3, 0.4) is 0 Å². The molecule has 1 atom stereocenters. The molecular weight excluding hydrogens is 550 g/mol. The Hall–Kier alpha value is -4.63. The van der Waals surface area contributed by atoms with Crippen molar-refractivity contribution in [3.63, 3.8) is 0 Å². The van der Waals surface area contributed by atoms with Gasteiger partial charge in [0.2, 0.25) is 11.8 Å². The van der Waals surface area contributed by atoms with E-state index in [0.29, 0.717) is 17.9 Å². The Balaban J connectivity index is 1.71. The number of sulfonamides is 1. The molecule has 0 aliphatic rings. The maximum absolute atomic E-state index is 14.0. The molecule has 0 spiro atoms. The van der Waals surface area contributed by atoms with Gasteiger partial charge in [-0.25, -0.2) is 8.42 Å². The second-order valence-electron chi connectivity index (χ2n) is 9.78. The third-order valence-corrected chi connectivity index (χ3v) is 8.61. The molecule has 0 bridgehead atoms. The van der Waals surface area contributed by atoms with E-state index in [4.69, 9.17) is 4.74 Å². The Morgan fingerprint density at radius 1 is 0.810 bits per heavy atom. The zero-order chi connectivity index (χ0) is 30.1. The highest BCUT2D eigenvalue weighted by Crippen LogP contribution is 2.29. The first kappa shape index (κ1) is 30.3. The van der Waals surface area contributed by atoms with Crippen molar-refractivity contribution < 1.29 is 22.7 Å². The second kappa shape index (κ2) is 13.8. The van der Waals surface area contributed by atoms with Crippen LogP contribution < -0.4 is 14.4 Å². The predicted octanol–water partition coefficient (Wildman–Crippen LogP) is 5.54. The maximum Gasteiger partial charge on any atom is 0.264 e. The first-order valence-electron chi connectivity index (χ1n) is 13.7. The van der Waals surface area contributed by atoms with Crippen molar-refractivity contribution >= 4 is 27.5 Å². The molecule has 2 amide bonds. The van der Waals surface area contributed by atoms with E-state index in [1.165, 1.54) is 24.1 Å². The molecule has 42 heavy (non-hydrogen) atoms. The van der Waals surface area contributed by atoms with Crippen LogP contribution in [-0.2, 0) is 26.2 Å². The van der Waals surface area contributed by atoms with Crippen LogP contribution in [0, 0.1) is 6.92 Å². The molecule has 1 N–H and O–H groups in total. The number of benzene rings is 4. The van der Waals surface area contributed by atoms with Gasteiger partial charge in [-0.1, -0.05) is 73.2 Å².